The van der Waals surface area contributed by atoms with Gasteiger partial charge in [0.1, 0.15) is 11.6 Å². The van der Waals surface area contributed by atoms with E-state index in [1.165, 1.54) is 0 Å². The highest BCUT2D eigenvalue weighted by atomic mass is 79.9. The van der Waals surface area contributed by atoms with Gasteiger partial charge in [0.05, 0.1) is 11.3 Å². The number of carbonyl (C=O) groups excluding carboxylic acids is 2. The Kier molecular flexibility index (Phi) is 6.46. The minimum atomic E-state index is -0.808. The van der Waals surface area contributed by atoms with Crippen molar-refractivity contribution in [1.82, 2.24) is 5.32 Å². The second-order valence-electron chi connectivity index (χ2n) is 5.18. The molecular weight excluding hydrogens is 396 g/mol. The van der Waals surface area contributed by atoms with Gasteiger partial charge < -0.3 is 16.0 Å². The number of nitrogens with one attached hydrogen (secondary N) is 3. The van der Waals surface area contributed by atoms with Gasteiger partial charge in [-0.05, 0) is 36.8 Å². The molecule has 0 fully saturated rings. The van der Waals surface area contributed by atoms with Crippen molar-refractivity contribution < 1.29 is 18.4 Å². The summed E-state index contributed by atoms with van der Waals surface area (Å²) in [7, 11) is 0. The average molecular weight is 412 g/mol. The van der Waals surface area contributed by atoms with Crippen LogP contribution >= 0.6 is 15.9 Å². The van der Waals surface area contributed by atoms with E-state index in [0.29, 0.717) is 17.1 Å². The van der Waals surface area contributed by atoms with Gasteiger partial charge >= 0.3 is 6.03 Å². The standard InChI is InChI=1S/C17H16BrF2N3O2/c1-2-5-21-16(24)14-4-3-10(18)6-15(14)23-17(25)22-13-8-11(19)7-12(20)9-13/h3-4,6-9H,2,5H2,1H3,(H,21,24)(H2,22,23,25). The van der Waals surface area contributed by atoms with Crippen molar-refractivity contribution in [3.63, 3.8) is 0 Å². The van der Waals surface area contributed by atoms with Gasteiger partial charge in [-0.25, -0.2) is 13.6 Å². The molecule has 0 unspecified atom stereocenters. The third-order valence-electron chi connectivity index (χ3n) is 3.13. The fraction of sp³-hybridized carbons (Fsp3) is 0.176. The molecule has 0 aliphatic carbocycles. The Morgan fingerprint density at radius 2 is 1.72 bits per heavy atom. The van der Waals surface area contributed by atoms with Gasteiger partial charge in [0.25, 0.3) is 5.91 Å². The molecule has 0 aliphatic rings. The number of carbonyl (C=O) groups is 2. The highest BCUT2D eigenvalue weighted by molar-refractivity contribution is 9.10. The normalized spacial score (nSPS) is 10.2. The Labute approximate surface area is 151 Å². The third kappa shape index (κ3) is 5.53. The average Bonchev–Trinajstić information content (AvgIpc) is 2.51. The summed E-state index contributed by atoms with van der Waals surface area (Å²) in [6, 6.07) is 6.74. The van der Waals surface area contributed by atoms with Crippen LogP contribution in [-0.2, 0) is 0 Å². The lowest BCUT2D eigenvalue weighted by molar-refractivity contribution is 0.0954. The van der Waals surface area contributed by atoms with Crippen molar-refractivity contribution in [3.05, 3.63) is 58.1 Å². The number of amides is 3. The molecule has 2 rings (SSSR count). The molecule has 5 nitrogen and oxygen atoms in total. The number of anilines is 2. The lowest BCUT2D eigenvalue weighted by atomic mass is 10.1. The van der Waals surface area contributed by atoms with Crippen molar-refractivity contribution in [2.75, 3.05) is 17.2 Å². The number of halogens is 3. The second-order valence-corrected chi connectivity index (χ2v) is 6.10. The molecule has 3 amide bonds. The lowest BCUT2D eigenvalue weighted by Gasteiger charge is -2.13. The summed E-state index contributed by atoms with van der Waals surface area (Å²) in [5, 5.41) is 7.56. The van der Waals surface area contributed by atoms with Crippen molar-refractivity contribution >= 4 is 39.2 Å². The maximum Gasteiger partial charge on any atom is 0.323 e. The van der Waals surface area contributed by atoms with Crippen LogP contribution in [0.25, 0.3) is 0 Å². The van der Waals surface area contributed by atoms with Crippen LogP contribution < -0.4 is 16.0 Å². The minimum Gasteiger partial charge on any atom is -0.352 e. The number of hydrogen-bond acceptors (Lipinski definition) is 2. The molecule has 0 aliphatic heterocycles. The van der Waals surface area contributed by atoms with Crippen LogP contribution in [0, 0.1) is 11.6 Å². The summed E-state index contributed by atoms with van der Waals surface area (Å²) in [6.45, 7) is 2.43. The van der Waals surface area contributed by atoms with Gasteiger partial charge in [0.2, 0.25) is 0 Å². The first-order chi connectivity index (χ1) is 11.9. The molecule has 8 heteroatoms. The second kappa shape index (κ2) is 8.57. The minimum absolute atomic E-state index is 0.0398. The highest BCUT2D eigenvalue weighted by Crippen LogP contribution is 2.22. The highest BCUT2D eigenvalue weighted by Gasteiger charge is 2.14. The number of urea groups is 1. The quantitative estimate of drug-likeness (QED) is 0.677. The fourth-order valence-electron chi connectivity index (χ4n) is 2.06. The Morgan fingerprint density at radius 1 is 1.04 bits per heavy atom. The van der Waals surface area contributed by atoms with E-state index in [0.717, 1.165) is 18.6 Å². The fourth-order valence-corrected chi connectivity index (χ4v) is 2.42. The van der Waals surface area contributed by atoms with Crippen LogP contribution in [0.15, 0.2) is 40.9 Å². The van der Waals surface area contributed by atoms with Crippen LogP contribution in [-0.4, -0.2) is 18.5 Å². The molecule has 25 heavy (non-hydrogen) atoms. The maximum atomic E-state index is 13.2. The lowest BCUT2D eigenvalue weighted by Crippen LogP contribution is -2.27. The van der Waals surface area contributed by atoms with Gasteiger partial charge in [-0.3, -0.25) is 4.79 Å². The topological polar surface area (TPSA) is 70.2 Å². The first-order valence-corrected chi connectivity index (χ1v) is 8.30. The van der Waals surface area contributed by atoms with Crippen LogP contribution in [0.4, 0.5) is 25.0 Å². The molecule has 0 heterocycles. The van der Waals surface area contributed by atoms with Crippen molar-refractivity contribution in [1.29, 1.82) is 0 Å². The van der Waals surface area contributed by atoms with Crippen molar-refractivity contribution in [2.45, 2.75) is 13.3 Å². The summed E-state index contributed by atoms with van der Waals surface area (Å²) in [5.74, 6) is -1.95. The molecule has 132 valence electrons. The Balaban J connectivity index is 2.16. The molecule has 3 N–H and O–H groups in total. The van der Waals surface area contributed by atoms with E-state index in [1.54, 1.807) is 18.2 Å². The largest absolute Gasteiger partial charge is 0.352 e. The Bertz CT molecular complexity index is 779. The van der Waals surface area contributed by atoms with Crippen LogP contribution in [0.2, 0.25) is 0 Å². The van der Waals surface area contributed by atoms with E-state index in [2.05, 4.69) is 31.9 Å². The molecule has 2 aromatic rings. The SMILES string of the molecule is CCCNC(=O)c1ccc(Br)cc1NC(=O)Nc1cc(F)cc(F)c1. The van der Waals surface area contributed by atoms with Crippen LogP contribution in [0.1, 0.15) is 23.7 Å². The smallest absolute Gasteiger partial charge is 0.323 e. The predicted octanol–water partition coefficient (Wildman–Crippen LogP) is 4.51. The molecule has 0 aromatic heterocycles. The summed E-state index contributed by atoms with van der Waals surface area (Å²) < 4.78 is 27.0. The van der Waals surface area contributed by atoms with Gasteiger partial charge in [0, 0.05) is 22.8 Å². The van der Waals surface area contributed by atoms with Gasteiger partial charge in [-0.1, -0.05) is 22.9 Å². The van der Waals surface area contributed by atoms with E-state index in [9.17, 15) is 18.4 Å². The number of benzene rings is 2. The first-order valence-electron chi connectivity index (χ1n) is 7.51. The predicted molar refractivity (Wildman–Crippen MR) is 95.8 cm³/mol. The van der Waals surface area contributed by atoms with Gasteiger partial charge in [-0.15, -0.1) is 0 Å². The first kappa shape index (κ1) is 18.9. The molecule has 0 saturated heterocycles. The number of hydrogen-bond donors (Lipinski definition) is 3. The summed E-state index contributed by atoms with van der Waals surface area (Å²) in [5.41, 5.74) is 0.497. The van der Waals surface area contributed by atoms with Crippen molar-refractivity contribution in [3.8, 4) is 0 Å². The molecular formula is C17H16BrF2N3O2. The molecule has 0 saturated carbocycles. The monoisotopic (exact) mass is 411 g/mol. The molecule has 2 aromatic carbocycles. The molecule has 0 atom stereocenters. The van der Waals surface area contributed by atoms with Gasteiger partial charge in [-0.2, -0.15) is 0 Å². The number of rotatable bonds is 5. The Hall–Kier alpha value is -2.48. The zero-order valence-corrected chi connectivity index (χ0v) is 14.9. The zero-order chi connectivity index (χ0) is 18.4. The molecule has 0 radical (unpaired) electrons. The zero-order valence-electron chi connectivity index (χ0n) is 13.3. The maximum absolute atomic E-state index is 13.2. The van der Waals surface area contributed by atoms with E-state index in [1.807, 2.05) is 6.92 Å². The Morgan fingerprint density at radius 3 is 2.36 bits per heavy atom. The van der Waals surface area contributed by atoms with E-state index >= 15 is 0 Å². The summed E-state index contributed by atoms with van der Waals surface area (Å²) >= 11 is 3.27. The molecule has 0 bridgehead atoms. The summed E-state index contributed by atoms with van der Waals surface area (Å²) in [6.07, 6.45) is 0.774. The van der Waals surface area contributed by atoms with Crippen LogP contribution in [0.5, 0.6) is 0 Å². The van der Waals surface area contributed by atoms with E-state index in [-0.39, 0.29) is 22.8 Å². The van der Waals surface area contributed by atoms with E-state index in [4.69, 9.17) is 0 Å². The molecule has 0 spiro atoms. The van der Waals surface area contributed by atoms with Crippen molar-refractivity contribution in [2.24, 2.45) is 0 Å². The van der Waals surface area contributed by atoms with E-state index < -0.39 is 17.7 Å². The third-order valence-corrected chi connectivity index (χ3v) is 3.62. The summed E-state index contributed by atoms with van der Waals surface area (Å²) in [4.78, 5) is 24.3. The van der Waals surface area contributed by atoms with Gasteiger partial charge in [0.15, 0.2) is 0 Å². The van der Waals surface area contributed by atoms with Crippen LogP contribution in [0.3, 0.4) is 0 Å².